The monoisotopic (exact) mass is 460 g/mol. The predicted molar refractivity (Wildman–Crippen MR) is 114 cm³/mol. The molecular formula is C21H22F2N6O4. The molecule has 0 radical (unpaired) electrons. The molecule has 2 aromatic heterocycles. The van der Waals surface area contributed by atoms with E-state index in [0.717, 1.165) is 6.54 Å². The number of hydrogen-bond donors (Lipinski definition) is 3. The van der Waals surface area contributed by atoms with E-state index < -0.39 is 23.9 Å². The third-order valence-electron chi connectivity index (χ3n) is 5.86. The Morgan fingerprint density at radius 2 is 2.12 bits per heavy atom. The van der Waals surface area contributed by atoms with E-state index in [4.69, 9.17) is 9.84 Å². The second kappa shape index (κ2) is 8.10. The lowest BCUT2D eigenvalue weighted by Crippen LogP contribution is -2.48. The van der Waals surface area contributed by atoms with Gasteiger partial charge in [0.05, 0.1) is 24.4 Å². The summed E-state index contributed by atoms with van der Waals surface area (Å²) in [6.07, 6.45) is 1.80. The van der Waals surface area contributed by atoms with Crippen molar-refractivity contribution in [2.24, 2.45) is 0 Å². The number of carbonyl (C=O) groups excluding carboxylic acids is 2. The third kappa shape index (κ3) is 4.13. The van der Waals surface area contributed by atoms with Gasteiger partial charge in [-0.3, -0.25) is 15.0 Å². The van der Waals surface area contributed by atoms with Crippen molar-refractivity contribution >= 4 is 29.3 Å². The number of rotatable bonds is 6. The lowest BCUT2D eigenvalue weighted by atomic mass is 10.1. The Kier molecular flexibility index (Phi) is 5.23. The Labute approximate surface area is 187 Å². The first-order chi connectivity index (χ1) is 15.9. The van der Waals surface area contributed by atoms with Crippen molar-refractivity contribution < 1.29 is 28.2 Å². The van der Waals surface area contributed by atoms with Crippen LogP contribution in [0.2, 0.25) is 0 Å². The van der Waals surface area contributed by atoms with Gasteiger partial charge in [-0.15, -0.1) is 0 Å². The Morgan fingerprint density at radius 1 is 1.30 bits per heavy atom. The topological polar surface area (TPSA) is 120 Å². The van der Waals surface area contributed by atoms with Crippen LogP contribution in [-0.4, -0.2) is 71.3 Å². The van der Waals surface area contributed by atoms with E-state index in [0.29, 0.717) is 30.2 Å². The van der Waals surface area contributed by atoms with E-state index in [2.05, 4.69) is 25.5 Å². The van der Waals surface area contributed by atoms with E-state index in [1.54, 1.807) is 12.1 Å². The normalized spacial score (nSPS) is 21.9. The SMILES string of the molecule is O=C(NC1CC1(F)F)c1ccc2c(n1)N(C(=O)Nc1cc(OCCO)ccn1)C1CCN2C1. The van der Waals surface area contributed by atoms with E-state index in [1.807, 2.05) is 0 Å². The standard InChI is InChI=1S/C21H22F2N6O4/c22-21(23)10-16(21)26-19(31)14-1-2-15-18(25-14)29(12-4-6-28(15)11-12)20(32)27-17-9-13(3-5-24-17)33-8-7-30/h1-3,5,9,12,16,30H,4,6-8,10-11H2,(H,26,31)(H,24,27,32). The first-order valence-corrected chi connectivity index (χ1v) is 10.6. The molecule has 1 saturated carbocycles. The summed E-state index contributed by atoms with van der Waals surface area (Å²) >= 11 is 0. The number of fused-ring (bicyclic) bond motifs is 4. The molecule has 2 atom stereocenters. The van der Waals surface area contributed by atoms with Crippen molar-refractivity contribution in [2.45, 2.75) is 30.8 Å². The fraction of sp³-hybridized carbons (Fsp3) is 0.429. The molecule has 10 nitrogen and oxygen atoms in total. The number of alkyl halides is 2. The Morgan fingerprint density at radius 3 is 2.88 bits per heavy atom. The average molecular weight is 460 g/mol. The highest BCUT2D eigenvalue weighted by Gasteiger charge is 2.58. The van der Waals surface area contributed by atoms with Crippen LogP contribution in [0.1, 0.15) is 23.3 Å². The van der Waals surface area contributed by atoms with Crippen LogP contribution in [0.4, 0.5) is 30.9 Å². The lowest BCUT2D eigenvalue weighted by Gasteiger charge is -2.35. The summed E-state index contributed by atoms with van der Waals surface area (Å²) in [7, 11) is 0. The van der Waals surface area contributed by atoms with Gasteiger partial charge in [0.2, 0.25) is 0 Å². The minimum absolute atomic E-state index is 0.0331. The number of urea groups is 1. The fourth-order valence-electron chi connectivity index (χ4n) is 4.10. The van der Waals surface area contributed by atoms with Gasteiger partial charge < -0.3 is 20.1 Å². The second-order valence-electron chi connectivity index (χ2n) is 8.17. The first-order valence-electron chi connectivity index (χ1n) is 10.6. The minimum Gasteiger partial charge on any atom is -0.491 e. The van der Waals surface area contributed by atoms with Crippen molar-refractivity contribution in [1.29, 1.82) is 0 Å². The zero-order valence-electron chi connectivity index (χ0n) is 17.5. The number of nitrogens with one attached hydrogen (secondary N) is 2. The molecule has 5 rings (SSSR count). The van der Waals surface area contributed by atoms with Crippen LogP contribution in [0.15, 0.2) is 30.5 Å². The molecule has 3 aliphatic rings. The number of amides is 3. The minimum atomic E-state index is -2.89. The van der Waals surface area contributed by atoms with E-state index in [1.165, 1.54) is 23.2 Å². The second-order valence-corrected chi connectivity index (χ2v) is 8.17. The van der Waals surface area contributed by atoms with Crippen LogP contribution in [0.3, 0.4) is 0 Å². The first kappa shape index (κ1) is 21.3. The summed E-state index contributed by atoms with van der Waals surface area (Å²) < 4.78 is 31.7. The van der Waals surface area contributed by atoms with Gasteiger partial charge in [0, 0.05) is 31.8 Å². The molecule has 4 heterocycles. The molecular weight excluding hydrogens is 438 g/mol. The Bertz CT molecular complexity index is 1100. The molecule has 12 heteroatoms. The zero-order chi connectivity index (χ0) is 23.2. The van der Waals surface area contributed by atoms with Gasteiger partial charge in [-0.05, 0) is 24.6 Å². The van der Waals surface area contributed by atoms with Crippen molar-refractivity contribution in [3.8, 4) is 5.75 Å². The molecule has 1 saturated heterocycles. The summed E-state index contributed by atoms with van der Waals surface area (Å²) in [6.45, 7) is 1.31. The molecule has 0 spiro atoms. The summed E-state index contributed by atoms with van der Waals surface area (Å²) in [5, 5.41) is 13.9. The molecule has 2 bridgehead atoms. The van der Waals surface area contributed by atoms with Crippen LogP contribution < -0.4 is 25.2 Å². The van der Waals surface area contributed by atoms with E-state index >= 15 is 0 Å². The largest absolute Gasteiger partial charge is 0.491 e. The van der Waals surface area contributed by atoms with Crippen molar-refractivity contribution in [3.05, 3.63) is 36.2 Å². The van der Waals surface area contributed by atoms with Gasteiger partial charge in [-0.1, -0.05) is 0 Å². The van der Waals surface area contributed by atoms with Gasteiger partial charge in [0.25, 0.3) is 11.8 Å². The number of nitrogens with zero attached hydrogens (tertiary/aromatic N) is 4. The summed E-state index contributed by atoms with van der Waals surface area (Å²) in [5.41, 5.74) is 0.662. The van der Waals surface area contributed by atoms with E-state index in [-0.39, 0.29) is 37.2 Å². The predicted octanol–water partition coefficient (Wildman–Crippen LogP) is 1.62. The summed E-state index contributed by atoms with van der Waals surface area (Å²) in [6, 6.07) is 4.48. The molecule has 2 fully saturated rings. The van der Waals surface area contributed by atoms with Gasteiger partial charge >= 0.3 is 6.03 Å². The van der Waals surface area contributed by atoms with Crippen LogP contribution in [0.5, 0.6) is 5.75 Å². The molecule has 33 heavy (non-hydrogen) atoms. The maximum atomic E-state index is 13.2. The number of pyridine rings is 2. The van der Waals surface area contributed by atoms with Crippen LogP contribution in [0.25, 0.3) is 0 Å². The Hall–Kier alpha value is -3.54. The molecule has 2 unspecified atom stereocenters. The van der Waals surface area contributed by atoms with Crippen LogP contribution in [-0.2, 0) is 0 Å². The third-order valence-corrected chi connectivity index (χ3v) is 5.86. The molecule has 1 aliphatic carbocycles. The zero-order valence-corrected chi connectivity index (χ0v) is 17.5. The quantitative estimate of drug-likeness (QED) is 0.599. The van der Waals surface area contributed by atoms with E-state index in [9.17, 15) is 18.4 Å². The van der Waals surface area contributed by atoms with Crippen LogP contribution in [0, 0.1) is 0 Å². The number of aliphatic hydroxyl groups is 1. The number of aromatic nitrogens is 2. The lowest BCUT2D eigenvalue weighted by molar-refractivity contribution is 0.0845. The molecule has 2 aliphatic heterocycles. The number of ether oxygens (including phenoxy) is 1. The highest BCUT2D eigenvalue weighted by Crippen LogP contribution is 2.42. The van der Waals surface area contributed by atoms with Crippen molar-refractivity contribution in [2.75, 3.05) is 41.4 Å². The van der Waals surface area contributed by atoms with Gasteiger partial charge in [-0.2, -0.15) is 0 Å². The number of carbonyl (C=O) groups is 2. The van der Waals surface area contributed by atoms with Crippen molar-refractivity contribution in [3.63, 3.8) is 0 Å². The molecule has 2 aromatic rings. The molecule has 0 aromatic carbocycles. The maximum absolute atomic E-state index is 13.2. The highest BCUT2D eigenvalue weighted by atomic mass is 19.3. The summed E-state index contributed by atoms with van der Waals surface area (Å²) in [5.74, 6) is -2.60. The van der Waals surface area contributed by atoms with Crippen LogP contribution >= 0.6 is 0 Å². The average Bonchev–Trinajstić information content (AvgIpc) is 3.18. The summed E-state index contributed by atoms with van der Waals surface area (Å²) in [4.78, 5) is 37.8. The number of aliphatic hydroxyl groups excluding tert-OH is 1. The number of halogens is 2. The number of hydrogen-bond acceptors (Lipinski definition) is 7. The smallest absolute Gasteiger partial charge is 0.329 e. The van der Waals surface area contributed by atoms with Gasteiger partial charge in [0.15, 0.2) is 5.82 Å². The van der Waals surface area contributed by atoms with Gasteiger partial charge in [-0.25, -0.2) is 23.5 Å². The van der Waals surface area contributed by atoms with Gasteiger partial charge in [0.1, 0.15) is 23.9 Å². The Balaban J connectivity index is 1.38. The fourth-order valence-corrected chi connectivity index (χ4v) is 4.10. The molecule has 3 N–H and O–H groups in total. The maximum Gasteiger partial charge on any atom is 0.329 e. The molecule has 3 amide bonds. The molecule has 174 valence electrons. The number of anilines is 3. The van der Waals surface area contributed by atoms with Crippen molar-refractivity contribution in [1.82, 2.24) is 15.3 Å². The highest BCUT2D eigenvalue weighted by molar-refractivity contribution is 6.05.